The first-order chi connectivity index (χ1) is 19.9. The lowest BCUT2D eigenvalue weighted by atomic mass is 9.89. The number of phenolic OH excluding ortho intramolecular Hbond substituents is 1. The Kier molecular flexibility index (Phi) is 11.0. The van der Waals surface area contributed by atoms with E-state index in [2.05, 4.69) is 11.9 Å². The zero-order chi connectivity index (χ0) is 31.1. The third kappa shape index (κ3) is 7.59. The molecule has 11 nitrogen and oxygen atoms in total. The highest BCUT2D eigenvalue weighted by molar-refractivity contribution is 6.05. The molecule has 0 aliphatic carbocycles. The maximum absolute atomic E-state index is 13.1. The number of aromatic hydroxyl groups is 1. The standard InChI is InChI=1S/C31H41N3O8/c1-7-13-34-26-21-14-17(2)11-12-23(35)19(4)15-20(5)28(42-30(32)38)24(40-6)10-8-9-18(3)29(37)33-22(27(21)36)16-25(26)41-31(34)39/h7-10,15-17,19,23-24,28,35-36H,1,11-14H2,2-6H3,(H2,32,38)(H,33,37)/b10-8-,18-9+,20-15+/t17-,19-,23-,24-,28-/m0/s1. The minimum absolute atomic E-state index is 0.0316. The van der Waals surface area contributed by atoms with Crippen LogP contribution in [0.5, 0.6) is 5.75 Å². The first kappa shape index (κ1) is 32.4. The number of rotatable bonds is 4. The molecular weight excluding hydrogens is 542 g/mol. The lowest BCUT2D eigenvalue weighted by Crippen LogP contribution is -2.35. The van der Waals surface area contributed by atoms with Gasteiger partial charge in [-0.25, -0.2) is 9.59 Å². The van der Waals surface area contributed by atoms with Gasteiger partial charge in [-0.3, -0.25) is 9.36 Å². The predicted octanol–water partition coefficient (Wildman–Crippen LogP) is 4.32. The second-order valence-electron chi connectivity index (χ2n) is 10.8. The van der Waals surface area contributed by atoms with Gasteiger partial charge in [-0.15, -0.1) is 6.58 Å². The van der Waals surface area contributed by atoms with E-state index < -0.39 is 36.1 Å². The van der Waals surface area contributed by atoms with Crippen molar-refractivity contribution in [3.8, 4) is 5.75 Å². The van der Waals surface area contributed by atoms with Crippen LogP contribution in [0.4, 0.5) is 10.5 Å². The van der Waals surface area contributed by atoms with Crippen molar-refractivity contribution in [3.63, 3.8) is 0 Å². The summed E-state index contributed by atoms with van der Waals surface area (Å²) in [4.78, 5) is 37.4. The van der Waals surface area contributed by atoms with Crippen LogP contribution in [0.25, 0.3) is 11.1 Å². The number of phenols is 1. The predicted molar refractivity (Wildman–Crippen MR) is 160 cm³/mol. The normalized spacial score (nSPS) is 27.8. The number of allylic oxidation sites excluding steroid dienone is 3. The summed E-state index contributed by atoms with van der Waals surface area (Å²) in [6.45, 7) is 11.1. The number of oxazole rings is 1. The van der Waals surface area contributed by atoms with Crippen molar-refractivity contribution in [2.45, 2.75) is 71.8 Å². The van der Waals surface area contributed by atoms with Crippen LogP contribution < -0.4 is 16.8 Å². The molecule has 0 saturated carbocycles. The zero-order valence-corrected chi connectivity index (χ0v) is 24.8. The van der Waals surface area contributed by atoms with Crippen LogP contribution in [0.2, 0.25) is 0 Å². The fraction of sp³-hybridized carbons (Fsp3) is 0.452. The number of nitrogens with zero attached hydrogens (tertiary/aromatic N) is 1. The average Bonchev–Trinajstić information content (AvgIpc) is 3.24. The number of fused-ring (bicyclic) bond motifs is 4. The number of benzene rings is 1. The lowest BCUT2D eigenvalue weighted by Gasteiger charge is -2.26. The number of nitrogens with one attached hydrogen (secondary N) is 1. The van der Waals surface area contributed by atoms with Gasteiger partial charge in [0.2, 0.25) is 0 Å². The number of primary amides is 1. The summed E-state index contributed by atoms with van der Waals surface area (Å²) in [6, 6.07) is 1.43. The Labute approximate surface area is 245 Å². The second-order valence-corrected chi connectivity index (χ2v) is 10.8. The number of hydrogen-bond donors (Lipinski definition) is 4. The molecule has 3 rings (SSSR count). The second kappa shape index (κ2) is 14.2. The first-order valence-electron chi connectivity index (χ1n) is 13.9. The minimum atomic E-state index is -0.972. The SMILES string of the molecule is C=CCn1c(=O)oc2cc3c(O)c(c21)C[C@@H](C)CC[C@H](O)[C@@H](C)/C=C(\C)[C@H](OC(N)=O)[C@@H](OC)/C=C\C=C(/C)C(=O)N3. The Morgan fingerprint density at radius 1 is 1.29 bits per heavy atom. The van der Waals surface area contributed by atoms with Crippen molar-refractivity contribution in [1.82, 2.24) is 4.57 Å². The molecule has 2 bridgehead atoms. The molecule has 0 fully saturated rings. The summed E-state index contributed by atoms with van der Waals surface area (Å²) in [7, 11) is 1.45. The van der Waals surface area contributed by atoms with Gasteiger partial charge in [0.05, 0.1) is 17.3 Å². The Balaban J connectivity index is 2.13. The summed E-state index contributed by atoms with van der Waals surface area (Å²) >= 11 is 0. The third-order valence-corrected chi connectivity index (χ3v) is 7.49. The number of hydrogen-bond acceptors (Lipinski definition) is 8. The van der Waals surface area contributed by atoms with Gasteiger partial charge in [-0.1, -0.05) is 44.2 Å². The Morgan fingerprint density at radius 2 is 2.00 bits per heavy atom. The molecular formula is C31H41N3O8. The van der Waals surface area contributed by atoms with Gasteiger partial charge in [0, 0.05) is 36.8 Å². The molecule has 1 aromatic heterocycles. The summed E-state index contributed by atoms with van der Waals surface area (Å²) in [5.74, 6) is -1.59. The molecule has 5 atom stereocenters. The number of aliphatic hydroxyl groups is 1. The Hall–Kier alpha value is -4.09. The van der Waals surface area contributed by atoms with Crippen LogP contribution >= 0.6 is 0 Å². The van der Waals surface area contributed by atoms with Crippen LogP contribution in [0.15, 0.2) is 63.4 Å². The van der Waals surface area contributed by atoms with Gasteiger partial charge >= 0.3 is 11.8 Å². The molecule has 42 heavy (non-hydrogen) atoms. The largest absolute Gasteiger partial charge is 0.505 e. The highest BCUT2D eigenvalue weighted by Gasteiger charge is 2.27. The number of methoxy groups -OCH3 is 1. The van der Waals surface area contributed by atoms with Gasteiger partial charge in [0.15, 0.2) is 11.7 Å². The average molecular weight is 584 g/mol. The molecule has 0 saturated heterocycles. The monoisotopic (exact) mass is 583 g/mol. The van der Waals surface area contributed by atoms with E-state index in [1.54, 1.807) is 38.2 Å². The number of anilines is 1. The van der Waals surface area contributed by atoms with E-state index in [0.29, 0.717) is 41.5 Å². The smallest absolute Gasteiger partial charge is 0.420 e. The van der Waals surface area contributed by atoms with Crippen molar-refractivity contribution in [3.05, 3.63) is 70.3 Å². The van der Waals surface area contributed by atoms with E-state index in [-0.39, 0.29) is 35.4 Å². The summed E-state index contributed by atoms with van der Waals surface area (Å²) in [5.41, 5.74) is 7.49. The topological polar surface area (TPSA) is 166 Å². The molecule has 0 radical (unpaired) electrons. The number of carbonyl (C=O) groups is 2. The van der Waals surface area contributed by atoms with Gasteiger partial charge in [0.25, 0.3) is 5.91 Å². The number of amides is 2. The van der Waals surface area contributed by atoms with Gasteiger partial charge in [0.1, 0.15) is 11.9 Å². The Morgan fingerprint density at radius 3 is 2.64 bits per heavy atom. The van der Waals surface area contributed by atoms with E-state index in [9.17, 15) is 24.6 Å². The van der Waals surface area contributed by atoms with E-state index >= 15 is 0 Å². The highest BCUT2D eigenvalue weighted by atomic mass is 16.6. The van der Waals surface area contributed by atoms with Gasteiger partial charge < -0.3 is 35.2 Å². The molecule has 1 aromatic carbocycles. The fourth-order valence-corrected chi connectivity index (χ4v) is 5.13. The minimum Gasteiger partial charge on any atom is -0.505 e. The van der Waals surface area contributed by atoms with Gasteiger partial charge in [-0.2, -0.15) is 0 Å². The Bertz CT molecular complexity index is 1460. The number of nitrogens with two attached hydrogens (primary N) is 1. The molecule has 2 amide bonds. The highest BCUT2D eigenvalue weighted by Crippen LogP contribution is 2.37. The van der Waals surface area contributed by atoms with Crippen molar-refractivity contribution < 1.29 is 33.7 Å². The van der Waals surface area contributed by atoms with E-state index in [0.717, 1.165) is 0 Å². The number of aromatic nitrogens is 1. The molecule has 0 unspecified atom stereocenters. The van der Waals surface area contributed by atoms with Gasteiger partial charge in [-0.05, 0) is 44.6 Å². The maximum atomic E-state index is 13.1. The van der Waals surface area contributed by atoms with Crippen molar-refractivity contribution >= 4 is 28.8 Å². The number of carbonyl (C=O) groups excluding carboxylic acids is 2. The van der Waals surface area contributed by atoms with Crippen LogP contribution in [-0.2, 0) is 27.2 Å². The van der Waals surface area contributed by atoms with Crippen LogP contribution in [0, 0.1) is 11.8 Å². The molecule has 228 valence electrons. The number of ether oxygens (including phenoxy) is 2. The van der Waals surface area contributed by atoms with E-state index in [4.69, 9.17) is 19.6 Å². The molecule has 0 spiro atoms. The van der Waals surface area contributed by atoms with Crippen molar-refractivity contribution in [2.24, 2.45) is 17.6 Å². The van der Waals surface area contributed by atoms with E-state index in [1.165, 1.54) is 17.7 Å². The quantitative estimate of drug-likeness (QED) is 0.305. The van der Waals surface area contributed by atoms with Crippen LogP contribution in [-0.4, -0.2) is 52.2 Å². The molecule has 1 aliphatic rings. The molecule has 5 N–H and O–H groups in total. The van der Waals surface area contributed by atoms with Crippen molar-refractivity contribution in [2.75, 3.05) is 12.4 Å². The summed E-state index contributed by atoms with van der Waals surface area (Å²) < 4.78 is 17.8. The molecule has 2 heterocycles. The summed E-state index contributed by atoms with van der Waals surface area (Å²) in [5, 5.41) is 25.0. The maximum Gasteiger partial charge on any atom is 0.420 e. The molecule has 1 aliphatic heterocycles. The lowest BCUT2D eigenvalue weighted by molar-refractivity contribution is -0.112. The summed E-state index contributed by atoms with van der Waals surface area (Å²) in [6.07, 6.45) is 6.24. The van der Waals surface area contributed by atoms with Crippen LogP contribution in [0.3, 0.4) is 0 Å². The zero-order valence-electron chi connectivity index (χ0n) is 24.8. The third-order valence-electron chi connectivity index (χ3n) is 7.49. The number of aliphatic hydroxyl groups excluding tert-OH is 1. The fourth-order valence-electron chi connectivity index (χ4n) is 5.13. The first-order valence-corrected chi connectivity index (χ1v) is 13.9. The molecule has 11 heteroatoms. The molecule has 2 aromatic rings. The van der Waals surface area contributed by atoms with Crippen molar-refractivity contribution in [1.29, 1.82) is 0 Å². The van der Waals surface area contributed by atoms with Crippen LogP contribution in [0.1, 0.15) is 46.1 Å². The van der Waals surface area contributed by atoms with E-state index in [1.807, 2.05) is 19.9 Å².